The van der Waals surface area contributed by atoms with Crippen molar-refractivity contribution in [2.45, 2.75) is 0 Å². The van der Waals surface area contributed by atoms with E-state index in [-0.39, 0.29) is 63.3 Å². The number of rotatable bonds is 3. The van der Waals surface area contributed by atoms with Gasteiger partial charge in [-0.25, -0.2) is 0 Å². The monoisotopic (exact) mass is 508 g/mol. The lowest BCUT2D eigenvalue weighted by Gasteiger charge is -2.18. The van der Waals surface area contributed by atoms with E-state index in [9.17, 15) is 1.37 Å². The van der Waals surface area contributed by atoms with Gasteiger partial charge in [-0.2, -0.15) is 0 Å². The fourth-order valence-electron chi connectivity index (χ4n) is 5.36. The van der Waals surface area contributed by atoms with E-state index in [1.54, 1.807) is 18.2 Å². The summed E-state index contributed by atoms with van der Waals surface area (Å²) in [6.45, 7) is 0. The highest BCUT2D eigenvalue weighted by Crippen LogP contribution is 2.44. The summed E-state index contributed by atoms with van der Waals surface area (Å²) in [4.78, 5) is 0. The molecule has 8 rings (SSSR count). The SMILES string of the molecule is [2H]c1c([2H])c([2H])c(-c2c3ccccc3c(-c3cccc(-c4c([2H])c([2H])c5oc6c([2H])c([2H])c([2H])c([2H])c6c5c4[2H])c3)c3ccccc23)c([2H])c1[2H]. The third-order valence-corrected chi connectivity index (χ3v) is 7.01. The first-order valence-electron chi connectivity index (χ1n) is 18.4. The molecule has 0 saturated heterocycles. The first-order valence-corrected chi connectivity index (χ1v) is 12.4. The topological polar surface area (TPSA) is 13.1 Å². The summed E-state index contributed by atoms with van der Waals surface area (Å²) in [6.07, 6.45) is 0. The van der Waals surface area contributed by atoms with Crippen molar-refractivity contribution in [1.29, 1.82) is 0 Å². The van der Waals surface area contributed by atoms with Crippen molar-refractivity contribution < 1.29 is 20.9 Å². The molecule has 8 aromatic rings. The van der Waals surface area contributed by atoms with E-state index in [0.29, 0.717) is 27.5 Å². The molecule has 0 radical (unpaired) electrons. The zero-order valence-corrected chi connectivity index (χ0v) is 20.3. The van der Waals surface area contributed by atoms with Gasteiger partial charge in [-0.1, -0.05) is 121 Å². The van der Waals surface area contributed by atoms with E-state index >= 15 is 0 Å². The minimum Gasteiger partial charge on any atom is -0.456 e. The zero-order chi connectivity index (χ0) is 36.2. The lowest BCUT2D eigenvalue weighted by atomic mass is 9.85. The molecule has 0 saturated carbocycles. The van der Waals surface area contributed by atoms with Gasteiger partial charge in [0, 0.05) is 10.8 Å². The van der Waals surface area contributed by atoms with Gasteiger partial charge in [0.05, 0.1) is 16.4 Å². The van der Waals surface area contributed by atoms with E-state index in [2.05, 4.69) is 0 Å². The second kappa shape index (κ2) is 8.72. The van der Waals surface area contributed by atoms with Gasteiger partial charge < -0.3 is 4.42 Å². The second-order valence-corrected chi connectivity index (χ2v) is 9.18. The zero-order valence-electron chi connectivity index (χ0n) is 32.3. The quantitative estimate of drug-likeness (QED) is 0.216. The first-order chi connectivity index (χ1) is 24.3. The van der Waals surface area contributed by atoms with Gasteiger partial charge in [0.25, 0.3) is 0 Å². The molecule has 0 amide bonds. The summed E-state index contributed by atoms with van der Waals surface area (Å²) in [5.41, 5.74) is 2.23. The van der Waals surface area contributed by atoms with Crippen molar-refractivity contribution in [3.8, 4) is 33.4 Å². The van der Waals surface area contributed by atoms with Gasteiger partial charge in [0.2, 0.25) is 0 Å². The smallest absolute Gasteiger partial charge is 0.135 e. The molecule has 0 spiro atoms. The molecule has 0 aliphatic rings. The summed E-state index contributed by atoms with van der Waals surface area (Å²) in [7, 11) is 0. The van der Waals surface area contributed by atoms with Gasteiger partial charge in [0.15, 0.2) is 0 Å². The van der Waals surface area contributed by atoms with Gasteiger partial charge >= 0.3 is 0 Å². The minimum absolute atomic E-state index is 0.0212. The Morgan fingerprint density at radius 1 is 0.410 bits per heavy atom. The van der Waals surface area contributed by atoms with Gasteiger partial charge in [-0.3, -0.25) is 0 Å². The van der Waals surface area contributed by atoms with Crippen LogP contribution in [0.25, 0.3) is 76.9 Å². The molecule has 1 aromatic heterocycles. The Kier molecular flexibility index (Phi) is 2.92. The fraction of sp³-hybridized carbons (Fsp3) is 0. The van der Waals surface area contributed by atoms with Crippen LogP contribution < -0.4 is 0 Å². The highest BCUT2D eigenvalue weighted by molar-refractivity contribution is 6.21. The predicted molar refractivity (Wildman–Crippen MR) is 165 cm³/mol. The number of hydrogen-bond donors (Lipinski definition) is 0. The molecule has 182 valence electrons. The molecule has 1 nitrogen and oxygen atoms in total. The van der Waals surface area contributed by atoms with Crippen LogP contribution in [-0.2, 0) is 0 Å². The molecule has 0 fully saturated rings. The van der Waals surface area contributed by atoms with Crippen LogP contribution in [0.1, 0.15) is 16.4 Å². The third-order valence-electron chi connectivity index (χ3n) is 7.01. The van der Waals surface area contributed by atoms with Crippen LogP contribution in [0.2, 0.25) is 0 Å². The van der Waals surface area contributed by atoms with E-state index in [4.69, 9.17) is 19.5 Å². The molecule has 1 heteroatoms. The van der Waals surface area contributed by atoms with Crippen molar-refractivity contribution in [2.24, 2.45) is 0 Å². The summed E-state index contributed by atoms with van der Waals surface area (Å²) >= 11 is 0. The van der Waals surface area contributed by atoms with Crippen LogP contribution in [0.5, 0.6) is 0 Å². The van der Waals surface area contributed by atoms with Crippen LogP contribution in [0.15, 0.2) is 150 Å². The molecule has 0 aliphatic heterocycles. The average molecular weight is 509 g/mol. The minimum atomic E-state index is -0.499. The predicted octanol–water partition coefficient (Wildman–Crippen LogP) is 10.9. The highest BCUT2D eigenvalue weighted by Gasteiger charge is 2.17. The number of furan rings is 1. The van der Waals surface area contributed by atoms with Crippen molar-refractivity contribution >= 4 is 43.5 Å². The summed E-state index contributed by atoms with van der Waals surface area (Å²) < 4.78 is 108. The molecular formula is C38H24O. The van der Waals surface area contributed by atoms with Crippen LogP contribution in [0.3, 0.4) is 0 Å². The van der Waals surface area contributed by atoms with Crippen molar-refractivity contribution in [2.75, 3.05) is 0 Å². The van der Waals surface area contributed by atoms with Crippen LogP contribution in [-0.4, -0.2) is 0 Å². The number of fused-ring (bicyclic) bond motifs is 5. The third kappa shape index (κ3) is 3.48. The second-order valence-electron chi connectivity index (χ2n) is 9.18. The maximum Gasteiger partial charge on any atom is 0.135 e. The van der Waals surface area contributed by atoms with E-state index in [1.807, 2.05) is 54.6 Å². The summed E-state index contributed by atoms with van der Waals surface area (Å²) in [5, 5.41) is 2.80. The van der Waals surface area contributed by atoms with Crippen molar-refractivity contribution in [1.82, 2.24) is 0 Å². The van der Waals surface area contributed by atoms with Gasteiger partial charge in [-0.15, -0.1) is 0 Å². The van der Waals surface area contributed by atoms with Crippen molar-refractivity contribution in [3.05, 3.63) is 145 Å². The Balaban J connectivity index is 1.44. The molecule has 0 atom stereocenters. The summed E-state index contributed by atoms with van der Waals surface area (Å²) in [6, 6.07) is 17.4. The molecular weight excluding hydrogens is 472 g/mol. The van der Waals surface area contributed by atoms with Crippen LogP contribution >= 0.6 is 0 Å². The molecule has 0 unspecified atom stereocenters. The van der Waals surface area contributed by atoms with E-state index in [0.717, 1.165) is 16.3 Å². The van der Waals surface area contributed by atoms with Crippen LogP contribution in [0.4, 0.5) is 0 Å². The maximum atomic E-state index is 9.26. The average Bonchev–Trinajstić information content (AvgIpc) is 3.55. The molecule has 0 N–H and O–H groups in total. The van der Waals surface area contributed by atoms with Crippen LogP contribution in [0, 0.1) is 0 Å². The lowest BCUT2D eigenvalue weighted by Crippen LogP contribution is -1.91. The first kappa shape index (κ1) is 13.1. The lowest BCUT2D eigenvalue weighted by molar-refractivity contribution is 0.669. The Morgan fingerprint density at radius 3 is 1.72 bits per heavy atom. The van der Waals surface area contributed by atoms with Gasteiger partial charge in [-0.05, 0) is 79.1 Å². The Bertz CT molecular complexity index is 2750. The Labute approximate surface area is 243 Å². The standard InChI is InChI=1S/C38H24O/c1-2-11-25(12-3-1)37-30-16-4-6-18-32(30)38(33-19-7-5-17-31(33)37)28-14-10-13-26(23-28)27-21-22-36-34(24-27)29-15-8-9-20-35(29)39-36/h1-24H/i1D,2D,3D,8D,9D,11D,12D,15D,20D,21D,22D,24D. The van der Waals surface area contributed by atoms with Crippen molar-refractivity contribution in [3.63, 3.8) is 0 Å². The molecule has 7 aromatic carbocycles. The molecule has 1 heterocycles. The highest BCUT2D eigenvalue weighted by atomic mass is 16.3. The number of para-hydroxylation sites is 1. The molecule has 0 aliphatic carbocycles. The van der Waals surface area contributed by atoms with E-state index in [1.165, 1.54) is 0 Å². The maximum absolute atomic E-state index is 9.26. The van der Waals surface area contributed by atoms with E-state index < -0.39 is 42.3 Å². The van der Waals surface area contributed by atoms with Gasteiger partial charge in [0.1, 0.15) is 11.2 Å². The number of benzene rings is 7. The normalized spacial score (nSPS) is 15.9. The Hall–Kier alpha value is -5.14. The molecule has 0 bridgehead atoms. The largest absolute Gasteiger partial charge is 0.456 e. The Morgan fingerprint density at radius 2 is 1.00 bits per heavy atom. The summed E-state index contributed by atoms with van der Waals surface area (Å²) in [5.74, 6) is 0. The number of hydrogen-bond acceptors (Lipinski definition) is 1. The molecule has 39 heavy (non-hydrogen) atoms. The fourth-order valence-corrected chi connectivity index (χ4v) is 5.36.